The van der Waals surface area contributed by atoms with Crippen molar-refractivity contribution in [3.63, 3.8) is 0 Å². The summed E-state index contributed by atoms with van der Waals surface area (Å²) in [6.07, 6.45) is 1.53. The van der Waals surface area contributed by atoms with Crippen molar-refractivity contribution in [1.82, 2.24) is 10.2 Å². The Morgan fingerprint density at radius 1 is 1.47 bits per heavy atom. The number of nitrogens with zero attached hydrogens (tertiary/aromatic N) is 1. The van der Waals surface area contributed by atoms with Crippen molar-refractivity contribution in [1.29, 1.82) is 0 Å². The molecule has 0 heterocycles. The maximum Gasteiger partial charge on any atom is 0.317 e. The van der Waals surface area contributed by atoms with E-state index in [1.54, 1.807) is 13.1 Å². The maximum absolute atomic E-state index is 11.7. The minimum Gasteiger partial charge on any atom is -0.481 e. The van der Waals surface area contributed by atoms with Crippen LogP contribution in [0, 0.1) is 5.41 Å². The lowest BCUT2D eigenvalue weighted by atomic mass is 9.85. The van der Waals surface area contributed by atoms with Gasteiger partial charge in [0.25, 0.3) is 0 Å². The molecule has 0 aliphatic carbocycles. The fourth-order valence-electron chi connectivity index (χ4n) is 1.28. The highest BCUT2D eigenvalue weighted by atomic mass is 16.4. The van der Waals surface area contributed by atoms with Gasteiger partial charge < -0.3 is 15.3 Å². The summed E-state index contributed by atoms with van der Waals surface area (Å²) in [7, 11) is 1.64. The first kappa shape index (κ1) is 15.5. The van der Waals surface area contributed by atoms with Crippen molar-refractivity contribution < 1.29 is 14.7 Å². The highest BCUT2D eigenvalue weighted by Crippen LogP contribution is 2.22. The molecular weight excluding hydrogens is 220 g/mol. The monoisotopic (exact) mass is 242 g/mol. The van der Waals surface area contributed by atoms with Gasteiger partial charge in [0, 0.05) is 19.6 Å². The Morgan fingerprint density at radius 3 is 2.35 bits per heavy atom. The van der Waals surface area contributed by atoms with Crippen molar-refractivity contribution in [2.75, 3.05) is 13.6 Å². The number of nitrogens with one attached hydrogen (secondary N) is 1. The molecule has 0 radical (unpaired) electrons. The summed E-state index contributed by atoms with van der Waals surface area (Å²) in [5.74, 6) is -0.920. The Labute approximate surface area is 102 Å². The number of carboxylic acids is 1. The number of amides is 2. The molecule has 1 unspecified atom stereocenters. The maximum atomic E-state index is 11.7. The first-order valence-corrected chi connectivity index (χ1v) is 5.52. The Hall–Kier alpha value is -1.52. The van der Waals surface area contributed by atoms with Crippen molar-refractivity contribution >= 4 is 12.0 Å². The molecule has 5 heteroatoms. The third-order valence-corrected chi connectivity index (χ3v) is 2.47. The van der Waals surface area contributed by atoms with Crippen molar-refractivity contribution in [2.45, 2.75) is 33.2 Å². The summed E-state index contributed by atoms with van der Waals surface area (Å²) in [5.41, 5.74) is -0.303. The molecule has 0 aliphatic rings. The Kier molecular flexibility index (Phi) is 5.71. The molecule has 2 amide bonds. The summed E-state index contributed by atoms with van der Waals surface area (Å²) in [4.78, 5) is 23.9. The Bertz CT molecular complexity index is 295. The van der Waals surface area contributed by atoms with E-state index in [0.29, 0.717) is 6.54 Å². The van der Waals surface area contributed by atoms with E-state index >= 15 is 0 Å². The van der Waals surface area contributed by atoms with Gasteiger partial charge in [-0.15, -0.1) is 6.58 Å². The zero-order chi connectivity index (χ0) is 13.6. The van der Waals surface area contributed by atoms with Crippen molar-refractivity contribution in [3.05, 3.63) is 12.7 Å². The summed E-state index contributed by atoms with van der Waals surface area (Å²) >= 11 is 0. The normalized spacial score (nSPS) is 12.7. The van der Waals surface area contributed by atoms with Crippen molar-refractivity contribution in [3.8, 4) is 0 Å². The standard InChI is InChI=1S/C12H22N2O3/c1-6-7-14(5)11(17)13-9(8-10(15)16)12(2,3)4/h6,9H,1,7-8H2,2-5H3,(H,13,17)(H,15,16). The van der Waals surface area contributed by atoms with Gasteiger partial charge in [-0.05, 0) is 5.41 Å². The van der Waals surface area contributed by atoms with E-state index < -0.39 is 12.0 Å². The lowest BCUT2D eigenvalue weighted by Gasteiger charge is -2.31. The van der Waals surface area contributed by atoms with Gasteiger partial charge in [-0.3, -0.25) is 4.79 Å². The zero-order valence-corrected chi connectivity index (χ0v) is 11.0. The first-order chi connectivity index (χ1) is 7.68. The predicted molar refractivity (Wildman–Crippen MR) is 66.9 cm³/mol. The molecule has 0 aromatic carbocycles. The van der Waals surface area contributed by atoms with Crippen LogP contribution in [0.3, 0.4) is 0 Å². The van der Waals surface area contributed by atoms with Gasteiger partial charge >= 0.3 is 12.0 Å². The number of aliphatic carboxylic acids is 1. The zero-order valence-electron chi connectivity index (χ0n) is 11.0. The number of urea groups is 1. The molecule has 0 aliphatic heterocycles. The van der Waals surface area contributed by atoms with Gasteiger partial charge in [-0.2, -0.15) is 0 Å². The molecule has 0 fully saturated rings. The van der Waals surface area contributed by atoms with Crippen LogP contribution in [0.15, 0.2) is 12.7 Å². The van der Waals surface area contributed by atoms with Crippen LogP contribution in [0.1, 0.15) is 27.2 Å². The van der Waals surface area contributed by atoms with E-state index in [-0.39, 0.29) is 17.9 Å². The summed E-state index contributed by atoms with van der Waals surface area (Å²) in [5, 5.41) is 11.6. The van der Waals surface area contributed by atoms with Gasteiger partial charge in [-0.25, -0.2) is 4.79 Å². The van der Waals surface area contributed by atoms with E-state index in [4.69, 9.17) is 5.11 Å². The second-order valence-electron chi connectivity index (χ2n) is 5.14. The van der Waals surface area contributed by atoms with Gasteiger partial charge in [0.05, 0.1) is 6.42 Å². The van der Waals surface area contributed by atoms with Crippen LogP contribution in [-0.2, 0) is 4.79 Å². The van der Waals surface area contributed by atoms with Crippen LogP contribution < -0.4 is 5.32 Å². The number of carboxylic acid groups (broad SMARTS) is 1. The molecule has 0 bridgehead atoms. The number of carbonyl (C=O) groups excluding carboxylic acids is 1. The molecule has 0 aromatic heterocycles. The second-order valence-corrected chi connectivity index (χ2v) is 5.14. The van der Waals surface area contributed by atoms with Crippen LogP contribution in [0.5, 0.6) is 0 Å². The van der Waals surface area contributed by atoms with Crippen LogP contribution in [0.2, 0.25) is 0 Å². The smallest absolute Gasteiger partial charge is 0.317 e. The summed E-state index contributed by atoms with van der Waals surface area (Å²) < 4.78 is 0. The molecule has 17 heavy (non-hydrogen) atoms. The summed E-state index contributed by atoms with van der Waals surface area (Å²) in [6.45, 7) is 9.66. The van der Waals surface area contributed by atoms with Gasteiger partial charge in [0.2, 0.25) is 0 Å². The lowest BCUT2D eigenvalue weighted by Crippen LogP contribution is -2.49. The third kappa shape index (κ3) is 5.94. The Balaban J connectivity index is 4.59. The largest absolute Gasteiger partial charge is 0.481 e. The molecule has 0 saturated heterocycles. The molecule has 5 nitrogen and oxygen atoms in total. The lowest BCUT2D eigenvalue weighted by molar-refractivity contribution is -0.138. The van der Waals surface area contributed by atoms with Crippen molar-refractivity contribution in [2.24, 2.45) is 5.41 Å². The van der Waals surface area contributed by atoms with E-state index in [9.17, 15) is 9.59 Å². The fraction of sp³-hybridized carbons (Fsp3) is 0.667. The highest BCUT2D eigenvalue weighted by Gasteiger charge is 2.29. The second kappa shape index (κ2) is 6.27. The molecule has 1 atom stereocenters. The first-order valence-electron chi connectivity index (χ1n) is 5.52. The molecular formula is C12H22N2O3. The topological polar surface area (TPSA) is 69.6 Å². The molecule has 0 spiro atoms. The van der Waals surface area contributed by atoms with E-state index in [1.165, 1.54) is 4.90 Å². The minimum absolute atomic E-state index is 0.0861. The molecule has 2 N–H and O–H groups in total. The predicted octanol–water partition coefficient (Wildman–Crippen LogP) is 1.70. The van der Waals surface area contributed by atoms with Crippen LogP contribution in [0.25, 0.3) is 0 Å². The van der Waals surface area contributed by atoms with E-state index in [0.717, 1.165) is 0 Å². The van der Waals surface area contributed by atoms with Gasteiger partial charge in [0.1, 0.15) is 0 Å². The molecule has 0 aromatic rings. The average Bonchev–Trinajstić information content (AvgIpc) is 2.14. The van der Waals surface area contributed by atoms with E-state index in [1.807, 2.05) is 20.8 Å². The number of rotatable bonds is 5. The van der Waals surface area contributed by atoms with E-state index in [2.05, 4.69) is 11.9 Å². The Morgan fingerprint density at radius 2 is 2.00 bits per heavy atom. The SMILES string of the molecule is C=CCN(C)C(=O)NC(CC(=O)O)C(C)(C)C. The molecule has 0 saturated carbocycles. The number of carbonyl (C=O) groups is 2. The van der Waals surface area contributed by atoms with Crippen LogP contribution in [-0.4, -0.2) is 41.6 Å². The van der Waals surface area contributed by atoms with Gasteiger partial charge in [0.15, 0.2) is 0 Å². The summed E-state index contributed by atoms with van der Waals surface area (Å²) in [6, 6.07) is -0.689. The quantitative estimate of drug-likeness (QED) is 0.721. The number of hydrogen-bond acceptors (Lipinski definition) is 2. The van der Waals surface area contributed by atoms with Crippen LogP contribution >= 0.6 is 0 Å². The number of hydrogen-bond donors (Lipinski definition) is 2. The molecule has 0 rings (SSSR count). The minimum atomic E-state index is -0.920. The van der Waals surface area contributed by atoms with Gasteiger partial charge in [-0.1, -0.05) is 26.8 Å². The molecule has 98 valence electrons. The number of likely N-dealkylation sites (N-methyl/N-ethyl adjacent to an activating group) is 1. The fourth-order valence-corrected chi connectivity index (χ4v) is 1.28. The van der Waals surface area contributed by atoms with Crippen LogP contribution in [0.4, 0.5) is 4.79 Å². The third-order valence-electron chi connectivity index (χ3n) is 2.47. The average molecular weight is 242 g/mol. The highest BCUT2D eigenvalue weighted by molar-refractivity contribution is 5.76.